The van der Waals surface area contributed by atoms with E-state index in [0.29, 0.717) is 11.8 Å². The standard InChI is InChI=1S/C15H24ClN/c1-5-11(3)12(4)14(16)15(17)13-8-6-7-10(2)9-13/h6-9,11-12,14-15H,5,17H2,1-4H3. The SMILES string of the molecule is CCC(C)C(C)C(Cl)C(N)c1cccc(C)c1. The molecule has 0 saturated heterocycles. The third-order valence-electron chi connectivity index (χ3n) is 3.81. The molecule has 2 N–H and O–H groups in total. The Labute approximate surface area is 110 Å². The topological polar surface area (TPSA) is 26.0 Å². The molecule has 0 aliphatic heterocycles. The lowest BCUT2D eigenvalue weighted by Gasteiger charge is -2.28. The zero-order valence-corrected chi connectivity index (χ0v) is 12.0. The molecule has 0 bridgehead atoms. The third kappa shape index (κ3) is 3.72. The molecule has 0 aromatic heterocycles. The lowest BCUT2D eigenvalue weighted by Crippen LogP contribution is -2.30. The second kappa shape index (κ2) is 6.42. The zero-order valence-electron chi connectivity index (χ0n) is 11.3. The van der Waals surface area contributed by atoms with E-state index in [1.54, 1.807) is 0 Å². The molecular formula is C15H24ClN. The summed E-state index contributed by atoms with van der Waals surface area (Å²) in [7, 11) is 0. The summed E-state index contributed by atoms with van der Waals surface area (Å²) in [6, 6.07) is 8.24. The number of hydrogen-bond donors (Lipinski definition) is 1. The molecule has 1 rings (SSSR count). The van der Waals surface area contributed by atoms with Crippen LogP contribution in [0.5, 0.6) is 0 Å². The fourth-order valence-electron chi connectivity index (χ4n) is 2.07. The minimum Gasteiger partial charge on any atom is -0.323 e. The fraction of sp³-hybridized carbons (Fsp3) is 0.600. The summed E-state index contributed by atoms with van der Waals surface area (Å²) in [6.07, 6.45) is 1.14. The average molecular weight is 254 g/mol. The Bertz CT molecular complexity index is 351. The summed E-state index contributed by atoms with van der Waals surface area (Å²) < 4.78 is 0. The van der Waals surface area contributed by atoms with Gasteiger partial charge in [-0.1, -0.05) is 57.0 Å². The predicted molar refractivity (Wildman–Crippen MR) is 76.4 cm³/mol. The van der Waals surface area contributed by atoms with Crippen LogP contribution in [0.3, 0.4) is 0 Å². The van der Waals surface area contributed by atoms with E-state index in [9.17, 15) is 0 Å². The van der Waals surface area contributed by atoms with Gasteiger partial charge in [0.05, 0.1) is 5.38 Å². The van der Waals surface area contributed by atoms with Crippen LogP contribution in [0.4, 0.5) is 0 Å². The molecule has 0 radical (unpaired) electrons. The number of benzene rings is 1. The van der Waals surface area contributed by atoms with Gasteiger partial charge in [-0.3, -0.25) is 0 Å². The van der Waals surface area contributed by atoms with Crippen molar-refractivity contribution in [2.75, 3.05) is 0 Å². The van der Waals surface area contributed by atoms with Crippen LogP contribution < -0.4 is 5.73 Å². The van der Waals surface area contributed by atoms with Gasteiger partial charge in [-0.2, -0.15) is 0 Å². The van der Waals surface area contributed by atoms with E-state index in [2.05, 4.69) is 45.9 Å². The summed E-state index contributed by atoms with van der Waals surface area (Å²) in [5.74, 6) is 1.03. The molecule has 1 aromatic carbocycles. The first-order chi connectivity index (χ1) is 7.97. The first kappa shape index (κ1) is 14.5. The number of hydrogen-bond acceptors (Lipinski definition) is 1. The number of halogens is 1. The Kier molecular flexibility index (Phi) is 5.48. The minimum atomic E-state index is -0.0828. The number of aryl methyl sites for hydroxylation is 1. The maximum Gasteiger partial charge on any atom is 0.0556 e. The lowest BCUT2D eigenvalue weighted by atomic mass is 9.85. The number of alkyl halides is 1. The molecule has 96 valence electrons. The van der Waals surface area contributed by atoms with Crippen molar-refractivity contribution in [2.45, 2.75) is 45.5 Å². The van der Waals surface area contributed by atoms with E-state index >= 15 is 0 Å². The van der Waals surface area contributed by atoms with Gasteiger partial charge in [0.1, 0.15) is 0 Å². The van der Waals surface area contributed by atoms with Crippen molar-refractivity contribution in [3.05, 3.63) is 35.4 Å². The summed E-state index contributed by atoms with van der Waals surface area (Å²) >= 11 is 6.52. The van der Waals surface area contributed by atoms with Crippen molar-refractivity contribution in [1.82, 2.24) is 0 Å². The van der Waals surface area contributed by atoms with Crippen LogP contribution in [-0.4, -0.2) is 5.38 Å². The van der Waals surface area contributed by atoms with Crippen LogP contribution in [0, 0.1) is 18.8 Å². The van der Waals surface area contributed by atoms with Crippen molar-refractivity contribution in [1.29, 1.82) is 0 Å². The molecule has 1 aromatic rings. The molecule has 4 atom stereocenters. The third-order valence-corrected chi connectivity index (χ3v) is 4.48. The monoisotopic (exact) mass is 253 g/mol. The van der Waals surface area contributed by atoms with Gasteiger partial charge in [-0.15, -0.1) is 11.6 Å². The second-order valence-corrected chi connectivity index (χ2v) is 5.63. The Morgan fingerprint density at radius 1 is 1.29 bits per heavy atom. The highest BCUT2D eigenvalue weighted by atomic mass is 35.5. The average Bonchev–Trinajstić information content (AvgIpc) is 2.35. The summed E-state index contributed by atoms with van der Waals surface area (Å²) in [4.78, 5) is 0. The van der Waals surface area contributed by atoms with Gasteiger partial charge in [0.2, 0.25) is 0 Å². The molecule has 0 heterocycles. The van der Waals surface area contributed by atoms with E-state index in [0.717, 1.165) is 12.0 Å². The summed E-state index contributed by atoms with van der Waals surface area (Å²) in [6.45, 7) is 8.71. The molecule has 0 saturated carbocycles. The van der Waals surface area contributed by atoms with Crippen molar-refractivity contribution < 1.29 is 0 Å². The van der Waals surface area contributed by atoms with E-state index in [4.69, 9.17) is 17.3 Å². The first-order valence-electron chi connectivity index (χ1n) is 6.43. The molecule has 17 heavy (non-hydrogen) atoms. The molecule has 2 heteroatoms. The lowest BCUT2D eigenvalue weighted by molar-refractivity contribution is 0.339. The molecule has 0 aliphatic rings. The van der Waals surface area contributed by atoms with E-state index in [-0.39, 0.29) is 11.4 Å². The van der Waals surface area contributed by atoms with Gasteiger partial charge < -0.3 is 5.73 Å². The highest BCUT2D eigenvalue weighted by molar-refractivity contribution is 6.21. The van der Waals surface area contributed by atoms with E-state index in [1.807, 2.05) is 6.07 Å². The van der Waals surface area contributed by atoms with Gasteiger partial charge in [0.15, 0.2) is 0 Å². The van der Waals surface area contributed by atoms with Gasteiger partial charge in [-0.05, 0) is 24.3 Å². The Balaban J connectivity index is 2.79. The quantitative estimate of drug-likeness (QED) is 0.779. The van der Waals surface area contributed by atoms with Crippen LogP contribution in [0.2, 0.25) is 0 Å². The van der Waals surface area contributed by atoms with E-state index < -0.39 is 0 Å². The largest absolute Gasteiger partial charge is 0.323 e. The van der Waals surface area contributed by atoms with E-state index in [1.165, 1.54) is 5.56 Å². The van der Waals surface area contributed by atoms with Crippen molar-refractivity contribution in [3.8, 4) is 0 Å². The van der Waals surface area contributed by atoms with Crippen LogP contribution in [0.25, 0.3) is 0 Å². The van der Waals surface area contributed by atoms with Gasteiger partial charge in [0.25, 0.3) is 0 Å². The van der Waals surface area contributed by atoms with Crippen molar-refractivity contribution in [3.63, 3.8) is 0 Å². The summed E-state index contributed by atoms with van der Waals surface area (Å²) in [5, 5.41) is -0.00764. The Hall–Kier alpha value is -0.530. The first-order valence-corrected chi connectivity index (χ1v) is 6.87. The zero-order chi connectivity index (χ0) is 13.0. The maximum absolute atomic E-state index is 6.52. The molecule has 0 amide bonds. The molecule has 0 spiro atoms. The molecule has 4 unspecified atom stereocenters. The molecule has 0 fully saturated rings. The Morgan fingerprint density at radius 2 is 1.94 bits per heavy atom. The fourth-order valence-corrected chi connectivity index (χ4v) is 2.47. The summed E-state index contributed by atoms with van der Waals surface area (Å²) in [5.41, 5.74) is 8.64. The smallest absolute Gasteiger partial charge is 0.0556 e. The van der Waals surface area contributed by atoms with Crippen LogP contribution in [-0.2, 0) is 0 Å². The highest BCUT2D eigenvalue weighted by Gasteiger charge is 2.26. The van der Waals surface area contributed by atoms with Crippen molar-refractivity contribution >= 4 is 11.6 Å². The predicted octanol–water partition coefficient (Wildman–Crippen LogP) is 4.28. The van der Waals surface area contributed by atoms with Gasteiger partial charge in [-0.25, -0.2) is 0 Å². The number of nitrogens with two attached hydrogens (primary N) is 1. The highest BCUT2D eigenvalue weighted by Crippen LogP contribution is 2.30. The number of rotatable bonds is 5. The molecule has 0 aliphatic carbocycles. The normalized spacial score (nSPS) is 18.5. The van der Waals surface area contributed by atoms with Crippen LogP contribution >= 0.6 is 11.6 Å². The second-order valence-electron chi connectivity index (χ2n) is 5.13. The molecule has 1 nitrogen and oxygen atoms in total. The molecular weight excluding hydrogens is 230 g/mol. The van der Waals surface area contributed by atoms with Crippen molar-refractivity contribution in [2.24, 2.45) is 17.6 Å². The van der Waals surface area contributed by atoms with Gasteiger partial charge in [0, 0.05) is 6.04 Å². The van der Waals surface area contributed by atoms with Crippen LogP contribution in [0.1, 0.15) is 44.4 Å². The van der Waals surface area contributed by atoms with Crippen LogP contribution in [0.15, 0.2) is 24.3 Å². The maximum atomic E-state index is 6.52. The minimum absolute atomic E-state index is 0.00764. The Morgan fingerprint density at radius 3 is 2.47 bits per heavy atom. The van der Waals surface area contributed by atoms with Gasteiger partial charge >= 0.3 is 0 Å².